The second kappa shape index (κ2) is 8.65. The second-order valence-electron chi connectivity index (χ2n) is 7.50. The highest BCUT2D eigenvalue weighted by atomic mass is 15.3. The Bertz CT molecular complexity index is 312. The van der Waals surface area contributed by atoms with Gasteiger partial charge in [0.05, 0.1) is 6.04 Å². The minimum Gasteiger partial charge on any atom is -0.354 e. The summed E-state index contributed by atoms with van der Waals surface area (Å²) in [5.74, 6) is 1.85. The Kier molecular flexibility index (Phi) is 6.85. The third-order valence-electron chi connectivity index (χ3n) is 4.82. The first-order chi connectivity index (χ1) is 10.1. The Morgan fingerprint density at radius 3 is 2.14 bits per heavy atom. The van der Waals surface area contributed by atoms with Gasteiger partial charge in [0, 0.05) is 19.6 Å². The first-order valence-corrected chi connectivity index (χ1v) is 9.20. The Morgan fingerprint density at radius 1 is 1.00 bits per heavy atom. The molecule has 2 aliphatic carbocycles. The molecule has 2 rings (SSSR count). The first kappa shape index (κ1) is 16.6. The van der Waals surface area contributed by atoms with Gasteiger partial charge < -0.3 is 10.2 Å². The number of rotatable bonds is 4. The SMILES string of the molecule is CC(C)CN(C)C(=NC1CCCCC1)NC1CCCCC1. The number of nitrogens with zero attached hydrogens (tertiary/aromatic N) is 2. The van der Waals surface area contributed by atoms with Crippen molar-refractivity contribution in [3.8, 4) is 0 Å². The van der Waals surface area contributed by atoms with E-state index in [9.17, 15) is 0 Å². The van der Waals surface area contributed by atoms with Gasteiger partial charge in [-0.1, -0.05) is 52.4 Å². The summed E-state index contributed by atoms with van der Waals surface area (Å²) in [6, 6.07) is 1.20. The fourth-order valence-electron chi connectivity index (χ4n) is 3.69. The molecule has 1 N–H and O–H groups in total. The molecule has 0 amide bonds. The zero-order valence-electron chi connectivity index (χ0n) is 14.4. The number of nitrogens with one attached hydrogen (secondary N) is 1. The molecule has 0 aromatic heterocycles. The van der Waals surface area contributed by atoms with E-state index in [0.717, 1.165) is 6.54 Å². The van der Waals surface area contributed by atoms with Crippen LogP contribution in [0.15, 0.2) is 4.99 Å². The van der Waals surface area contributed by atoms with E-state index in [4.69, 9.17) is 4.99 Å². The van der Waals surface area contributed by atoms with E-state index in [-0.39, 0.29) is 0 Å². The lowest BCUT2D eigenvalue weighted by molar-refractivity contribution is 0.362. The average Bonchev–Trinajstić information content (AvgIpc) is 2.48. The molecular weight excluding hydrogens is 258 g/mol. The predicted octanol–water partition coefficient (Wildman–Crippen LogP) is 4.19. The van der Waals surface area contributed by atoms with Crippen molar-refractivity contribution in [3.63, 3.8) is 0 Å². The molecule has 122 valence electrons. The van der Waals surface area contributed by atoms with Crippen LogP contribution in [0.2, 0.25) is 0 Å². The maximum absolute atomic E-state index is 5.11. The summed E-state index contributed by atoms with van der Waals surface area (Å²) in [4.78, 5) is 7.47. The topological polar surface area (TPSA) is 27.6 Å². The molecule has 0 radical (unpaired) electrons. The van der Waals surface area contributed by atoms with Crippen LogP contribution >= 0.6 is 0 Å². The van der Waals surface area contributed by atoms with E-state index in [0.29, 0.717) is 18.0 Å². The molecule has 0 spiro atoms. The van der Waals surface area contributed by atoms with Gasteiger partial charge in [-0.05, 0) is 31.6 Å². The van der Waals surface area contributed by atoms with Crippen LogP contribution < -0.4 is 5.32 Å². The summed E-state index contributed by atoms with van der Waals surface area (Å²) in [5.41, 5.74) is 0. The molecule has 21 heavy (non-hydrogen) atoms. The fraction of sp³-hybridized carbons (Fsp3) is 0.944. The summed E-state index contributed by atoms with van der Waals surface area (Å²) in [6.07, 6.45) is 13.5. The molecular formula is C18H35N3. The molecule has 0 aliphatic heterocycles. The van der Waals surface area contributed by atoms with Crippen LogP contribution in [0.1, 0.15) is 78.1 Å². The minimum atomic E-state index is 0.555. The lowest BCUT2D eigenvalue weighted by Crippen LogP contribution is -2.46. The van der Waals surface area contributed by atoms with Crippen LogP contribution in [-0.2, 0) is 0 Å². The molecule has 2 fully saturated rings. The van der Waals surface area contributed by atoms with Crippen molar-refractivity contribution in [2.24, 2.45) is 10.9 Å². The van der Waals surface area contributed by atoms with E-state index in [1.54, 1.807) is 0 Å². The van der Waals surface area contributed by atoms with Gasteiger partial charge in [0.15, 0.2) is 5.96 Å². The lowest BCUT2D eigenvalue weighted by atomic mass is 9.95. The van der Waals surface area contributed by atoms with Crippen molar-refractivity contribution < 1.29 is 0 Å². The highest BCUT2D eigenvalue weighted by Gasteiger charge is 2.19. The molecule has 0 unspecified atom stereocenters. The summed E-state index contributed by atoms with van der Waals surface area (Å²) in [6.45, 7) is 5.66. The third kappa shape index (κ3) is 5.88. The molecule has 0 atom stereocenters. The highest BCUT2D eigenvalue weighted by Crippen LogP contribution is 2.21. The molecule has 0 aromatic carbocycles. The van der Waals surface area contributed by atoms with Gasteiger partial charge in [-0.15, -0.1) is 0 Å². The van der Waals surface area contributed by atoms with Crippen LogP contribution in [-0.4, -0.2) is 36.5 Å². The summed E-state index contributed by atoms with van der Waals surface area (Å²) >= 11 is 0. The molecule has 0 bridgehead atoms. The van der Waals surface area contributed by atoms with Crippen molar-refractivity contribution in [2.75, 3.05) is 13.6 Å². The number of hydrogen-bond donors (Lipinski definition) is 1. The van der Waals surface area contributed by atoms with Gasteiger partial charge in [-0.25, -0.2) is 4.99 Å². The van der Waals surface area contributed by atoms with Gasteiger partial charge in [0.25, 0.3) is 0 Å². The summed E-state index contributed by atoms with van der Waals surface area (Å²) in [7, 11) is 2.21. The summed E-state index contributed by atoms with van der Waals surface area (Å²) in [5, 5.41) is 3.78. The van der Waals surface area contributed by atoms with Crippen LogP contribution in [0.25, 0.3) is 0 Å². The Hall–Kier alpha value is -0.730. The fourth-order valence-corrected chi connectivity index (χ4v) is 3.69. The summed E-state index contributed by atoms with van der Waals surface area (Å²) < 4.78 is 0. The molecule has 2 aliphatic rings. The van der Waals surface area contributed by atoms with Crippen LogP contribution in [0, 0.1) is 5.92 Å². The first-order valence-electron chi connectivity index (χ1n) is 9.20. The van der Waals surface area contributed by atoms with Crippen molar-refractivity contribution in [1.82, 2.24) is 10.2 Å². The van der Waals surface area contributed by atoms with E-state index >= 15 is 0 Å². The molecule has 0 heterocycles. The minimum absolute atomic E-state index is 0.555. The Labute approximate surface area is 131 Å². The monoisotopic (exact) mass is 293 g/mol. The van der Waals surface area contributed by atoms with Gasteiger partial charge in [-0.3, -0.25) is 0 Å². The maximum Gasteiger partial charge on any atom is 0.194 e. The standard InChI is InChI=1S/C18H35N3/c1-15(2)14-21(3)18(19-16-10-6-4-7-11-16)20-17-12-8-5-9-13-17/h15-17H,4-14H2,1-3H3,(H,19,20). The maximum atomic E-state index is 5.11. The van der Waals surface area contributed by atoms with Crippen molar-refractivity contribution in [1.29, 1.82) is 0 Å². The quantitative estimate of drug-likeness (QED) is 0.622. The zero-order chi connectivity index (χ0) is 15.1. The molecule has 3 heteroatoms. The van der Waals surface area contributed by atoms with E-state index in [2.05, 4.69) is 31.1 Å². The van der Waals surface area contributed by atoms with E-state index in [1.165, 1.54) is 70.2 Å². The Balaban J connectivity index is 1.98. The van der Waals surface area contributed by atoms with Gasteiger partial charge in [0.1, 0.15) is 0 Å². The number of hydrogen-bond acceptors (Lipinski definition) is 1. The van der Waals surface area contributed by atoms with Crippen molar-refractivity contribution in [3.05, 3.63) is 0 Å². The normalized spacial score (nSPS) is 22.6. The smallest absolute Gasteiger partial charge is 0.194 e. The van der Waals surface area contributed by atoms with Crippen LogP contribution in [0.4, 0.5) is 0 Å². The average molecular weight is 293 g/mol. The zero-order valence-corrected chi connectivity index (χ0v) is 14.4. The van der Waals surface area contributed by atoms with Crippen LogP contribution in [0.3, 0.4) is 0 Å². The third-order valence-corrected chi connectivity index (χ3v) is 4.82. The van der Waals surface area contributed by atoms with Gasteiger partial charge in [0.2, 0.25) is 0 Å². The van der Waals surface area contributed by atoms with Crippen molar-refractivity contribution >= 4 is 5.96 Å². The van der Waals surface area contributed by atoms with E-state index in [1.807, 2.05) is 0 Å². The highest BCUT2D eigenvalue weighted by molar-refractivity contribution is 5.80. The molecule has 0 saturated heterocycles. The second-order valence-corrected chi connectivity index (χ2v) is 7.50. The predicted molar refractivity (Wildman–Crippen MR) is 91.8 cm³/mol. The largest absolute Gasteiger partial charge is 0.354 e. The number of guanidine groups is 1. The molecule has 0 aromatic rings. The van der Waals surface area contributed by atoms with Crippen molar-refractivity contribution in [2.45, 2.75) is 90.1 Å². The van der Waals surface area contributed by atoms with Gasteiger partial charge in [-0.2, -0.15) is 0 Å². The molecule has 2 saturated carbocycles. The Morgan fingerprint density at radius 2 is 1.57 bits per heavy atom. The van der Waals surface area contributed by atoms with Gasteiger partial charge >= 0.3 is 0 Å². The lowest BCUT2D eigenvalue weighted by Gasteiger charge is -2.31. The number of aliphatic imine (C=N–C) groups is 1. The van der Waals surface area contributed by atoms with E-state index < -0.39 is 0 Å². The molecule has 3 nitrogen and oxygen atoms in total. The van der Waals surface area contributed by atoms with Crippen LogP contribution in [0.5, 0.6) is 0 Å².